The first-order valence-corrected chi connectivity index (χ1v) is 9.31. The predicted octanol–water partition coefficient (Wildman–Crippen LogP) is 3.60. The van der Waals surface area contributed by atoms with Crippen LogP contribution in [0.4, 0.5) is 17.1 Å². The summed E-state index contributed by atoms with van der Waals surface area (Å²) in [6, 6.07) is 9.58. The van der Waals surface area contributed by atoms with Crippen molar-refractivity contribution in [2.45, 2.75) is 33.8 Å². The quantitative estimate of drug-likeness (QED) is 0.613. The maximum Gasteiger partial charge on any atom is 0.271 e. The fraction of sp³-hybridized carbons (Fsp3) is 0.333. The average molecular weight is 397 g/mol. The highest BCUT2D eigenvalue weighted by Gasteiger charge is 2.38. The zero-order valence-electron chi connectivity index (χ0n) is 16.8. The minimum atomic E-state index is -0.765. The number of anilines is 2. The number of rotatable bonds is 5. The van der Waals surface area contributed by atoms with E-state index in [-0.39, 0.29) is 23.8 Å². The third kappa shape index (κ3) is 4.21. The number of nitro benzene ring substituents is 1. The molecule has 1 N–H and O–H groups in total. The third-order valence-electron chi connectivity index (χ3n) is 4.91. The van der Waals surface area contributed by atoms with Crippen molar-refractivity contribution in [1.29, 1.82) is 0 Å². The number of fused-ring (bicyclic) bond motifs is 1. The molecule has 2 aromatic carbocycles. The van der Waals surface area contributed by atoms with Crippen LogP contribution in [-0.2, 0) is 9.59 Å². The number of nitrogens with one attached hydrogen (secondary N) is 1. The maximum atomic E-state index is 12.9. The number of amides is 2. The molecule has 0 aromatic heterocycles. The van der Waals surface area contributed by atoms with Crippen LogP contribution in [-0.4, -0.2) is 29.4 Å². The number of nitro groups is 1. The van der Waals surface area contributed by atoms with E-state index in [1.807, 2.05) is 39.8 Å². The van der Waals surface area contributed by atoms with E-state index in [1.54, 1.807) is 6.07 Å². The SMILES string of the molecule is Cc1ccc(NC(=O)CN2C(=O)C(C(C)C)Oc3ccc([N+](=O)[O-])cc32)cc1C. The third-order valence-corrected chi connectivity index (χ3v) is 4.91. The van der Waals surface area contributed by atoms with E-state index in [0.717, 1.165) is 11.1 Å². The molecular weight excluding hydrogens is 374 g/mol. The molecule has 29 heavy (non-hydrogen) atoms. The first kappa shape index (κ1) is 20.3. The number of ether oxygens (including phenoxy) is 1. The largest absolute Gasteiger partial charge is 0.478 e. The van der Waals surface area contributed by atoms with Crippen LogP contribution in [0.15, 0.2) is 36.4 Å². The molecule has 1 aliphatic heterocycles. The Bertz CT molecular complexity index is 986. The molecule has 0 saturated heterocycles. The molecule has 2 amide bonds. The van der Waals surface area contributed by atoms with Crippen LogP contribution in [0.2, 0.25) is 0 Å². The summed E-state index contributed by atoms with van der Waals surface area (Å²) in [5, 5.41) is 13.9. The Morgan fingerprint density at radius 2 is 1.93 bits per heavy atom. The molecule has 0 spiro atoms. The summed E-state index contributed by atoms with van der Waals surface area (Å²) in [5.41, 5.74) is 2.80. The van der Waals surface area contributed by atoms with Crippen molar-refractivity contribution >= 4 is 28.9 Å². The molecule has 1 atom stereocenters. The molecule has 0 fully saturated rings. The van der Waals surface area contributed by atoms with Gasteiger partial charge in [-0.1, -0.05) is 19.9 Å². The van der Waals surface area contributed by atoms with E-state index in [1.165, 1.54) is 23.1 Å². The van der Waals surface area contributed by atoms with Crippen molar-refractivity contribution in [3.05, 3.63) is 57.6 Å². The molecule has 1 heterocycles. The molecule has 2 aromatic rings. The maximum absolute atomic E-state index is 12.9. The molecule has 0 saturated carbocycles. The fourth-order valence-corrected chi connectivity index (χ4v) is 3.14. The molecule has 0 bridgehead atoms. The Morgan fingerprint density at radius 1 is 1.21 bits per heavy atom. The number of carbonyl (C=O) groups is 2. The second-order valence-corrected chi connectivity index (χ2v) is 7.46. The number of hydrogen-bond donors (Lipinski definition) is 1. The van der Waals surface area contributed by atoms with Crippen molar-refractivity contribution in [3.8, 4) is 5.75 Å². The first-order chi connectivity index (χ1) is 13.7. The van der Waals surface area contributed by atoms with Gasteiger partial charge in [0.25, 0.3) is 11.6 Å². The minimum absolute atomic E-state index is 0.129. The van der Waals surface area contributed by atoms with Crippen molar-refractivity contribution in [2.75, 3.05) is 16.8 Å². The Hall–Kier alpha value is -3.42. The lowest BCUT2D eigenvalue weighted by molar-refractivity contribution is -0.384. The summed E-state index contributed by atoms with van der Waals surface area (Å²) in [7, 11) is 0. The van der Waals surface area contributed by atoms with Gasteiger partial charge >= 0.3 is 0 Å². The molecule has 3 rings (SSSR count). The number of hydrogen-bond acceptors (Lipinski definition) is 5. The Labute approximate surface area is 168 Å². The lowest BCUT2D eigenvalue weighted by atomic mass is 10.0. The van der Waals surface area contributed by atoms with Crippen molar-refractivity contribution in [1.82, 2.24) is 0 Å². The summed E-state index contributed by atoms with van der Waals surface area (Å²) in [6.07, 6.45) is -0.765. The molecule has 152 valence electrons. The van der Waals surface area contributed by atoms with Gasteiger partial charge in [-0.2, -0.15) is 0 Å². The zero-order valence-corrected chi connectivity index (χ0v) is 16.8. The number of benzene rings is 2. The lowest BCUT2D eigenvalue weighted by Gasteiger charge is -2.35. The summed E-state index contributed by atoms with van der Waals surface area (Å²) in [4.78, 5) is 37.5. The fourth-order valence-electron chi connectivity index (χ4n) is 3.14. The van der Waals surface area contributed by atoms with Crippen LogP contribution in [0, 0.1) is 29.9 Å². The van der Waals surface area contributed by atoms with E-state index >= 15 is 0 Å². The van der Waals surface area contributed by atoms with Crippen molar-refractivity contribution in [3.63, 3.8) is 0 Å². The zero-order chi connectivity index (χ0) is 21.3. The Kier molecular flexibility index (Phi) is 5.54. The van der Waals surface area contributed by atoms with Gasteiger partial charge in [-0.05, 0) is 49.1 Å². The monoisotopic (exact) mass is 397 g/mol. The summed E-state index contributed by atoms with van der Waals surface area (Å²) in [5.74, 6) is -0.587. The van der Waals surface area contributed by atoms with Crippen LogP contribution in [0.5, 0.6) is 5.75 Å². The molecule has 8 heteroatoms. The Balaban J connectivity index is 1.90. The molecule has 1 aliphatic rings. The molecule has 0 radical (unpaired) electrons. The summed E-state index contributed by atoms with van der Waals surface area (Å²) < 4.78 is 5.75. The lowest BCUT2D eigenvalue weighted by Crippen LogP contribution is -2.50. The number of carbonyl (C=O) groups excluding carboxylic acids is 2. The van der Waals surface area contributed by atoms with Crippen LogP contribution in [0.25, 0.3) is 0 Å². The molecular formula is C21H23N3O5. The second kappa shape index (κ2) is 7.90. The van der Waals surface area contributed by atoms with E-state index in [0.29, 0.717) is 11.4 Å². The van der Waals surface area contributed by atoms with Gasteiger partial charge in [0, 0.05) is 17.8 Å². The van der Waals surface area contributed by atoms with E-state index in [4.69, 9.17) is 4.74 Å². The van der Waals surface area contributed by atoms with Gasteiger partial charge < -0.3 is 10.1 Å². The number of non-ortho nitro benzene ring substituents is 1. The first-order valence-electron chi connectivity index (χ1n) is 9.31. The van der Waals surface area contributed by atoms with Crippen LogP contribution in [0.1, 0.15) is 25.0 Å². The number of aryl methyl sites for hydroxylation is 2. The van der Waals surface area contributed by atoms with Gasteiger partial charge in [0.1, 0.15) is 12.3 Å². The minimum Gasteiger partial charge on any atom is -0.478 e. The standard InChI is InChI=1S/C21H23N3O5/c1-12(2)20-21(26)23(17-10-16(24(27)28)7-8-18(17)29-20)11-19(25)22-15-6-5-13(3)14(4)9-15/h5-10,12,20H,11H2,1-4H3,(H,22,25). The second-order valence-electron chi connectivity index (χ2n) is 7.46. The summed E-state index contributed by atoms with van der Waals surface area (Å²) >= 11 is 0. The average Bonchev–Trinajstić information content (AvgIpc) is 2.66. The van der Waals surface area contributed by atoms with Gasteiger partial charge in [0.2, 0.25) is 5.91 Å². The molecule has 8 nitrogen and oxygen atoms in total. The summed E-state index contributed by atoms with van der Waals surface area (Å²) in [6.45, 7) is 7.33. The Morgan fingerprint density at radius 3 is 2.55 bits per heavy atom. The normalized spacial score (nSPS) is 15.7. The highest BCUT2D eigenvalue weighted by Crippen LogP contribution is 2.38. The van der Waals surface area contributed by atoms with E-state index < -0.39 is 22.8 Å². The van der Waals surface area contributed by atoms with Gasteiger partial charge in [-0.25, -0.2) is 0 Å². The molecule has 0 aliphatic carbocycles. The smallest absolute Gasteiger partial charge is 0.271 e. The highest BCUT2D eigenvalue weighted by atomic mass is 16.6. The van der Waals surface area contributed by atoms with Crippen LogP contribution < -0.4 is 15.0 Å². The van der Waals surface area contributed by atoms with Gasteiger partial charge in [0.05, 0.1) is 10.6 Å². The van der Waals surface area contributed by atoms with Gasteiger partial charge in [-0.15, -0.1) is 0 Å². The van der Waals surface area contributed by atoms with Gasteiger partial charge in [-0.3, -0.25) is 24.6 Å². The van der Waals surface area contributed by atoms with Crippen molar-refractivity contribution < 1.29 is 19.2 Å². The molecule has 1 unspecified atom stereocenters. The van der Waals surface area contributed by atoms with Gasteiger partial charge in [0.15, 0.2) is 6.10 Å². The predicted molar refractivity (Wildman–Crippen MR) is 109 cm³/mol. The van der Waals surface area contributed by atoms with Crippen LogP contribution >= 0.6 is 0 Å². The van der Waals surface area contributed by atoms with E-state index in [9.17, 15) is 19.7 Å². The van der Waals surface area contributed by atoms with Crippen molar-refractivity contribution in [2.24, 2.45) is 5.92 Å². The van der Waals surface area contributed by atoms with Crippen LogP contribution in [0.3, 0.4) is 0 Å². The highest BCUT2D eigenvalue weighted by molar-refractivity contribution is 6.06. The van der Waals surface area contributed by atoms with E-state index in [2.05, 4.69) is 5.32 Å². The number of nitrogens with zero attached hydrogens (tertiary/aromatic N) is 2. The topological polar surface area (TPSA) is 102 Å².